The SMILES string of the molecule is CN1CCCC(C#N)(c2ccc(N(C)C)cc2)CC1. The van der Waals surface area contributed by atoms with Crippen LogP contribution in [0.1, 0.15) is 24.8 Å². The highest BCUT2D eigenvalue weighted by molar-refractivity contribution is 5.48. The maximum atomic E-state index is 9.71. The van der Waals surface area contributed by atoms with Gasteiger partial charge in [0.15, 0.2) is 0 Å². The molecular formula is C16H23N3. The Hall–Kier alpha value is -1.53. The molecule has 2 rings (SSSR count). The first-order chi connectivity index (χ1) is 9.07. The summed E-state index contributed by atoms with van der Waals surface area (Å²) in [5.74, 6) is 0. The summed E-state index contributed by atoms with van der Waals surface area (Å²) in [4.78, 5) is 4.41. The van der Waals surface area contributed by atoms with Crippen LogP contribution in [0.15, 0.2) is 24.3 Å². The van der Waals surface area contributed by atoms with Crippen LogP contribution in [-0.4, -0.2) is 39.1 Å². The van der Waals surface area contributed by atoms with Crippen molar-refractivity contribution < 1.29 is 0 Å². The zero-order valence-corrected chi connectivity index (χ0v) is 12.2. The average molecular weight is 257 g/mol. The van der Waals surface area contributed by atoms with Gasteiger partial charge in [0.2, 0.25) is 0 Å². The Labute approximate surface area is 116 Å². The van der Waals surface area contributed by atoms with Crippen LogP contribution in [0.5, 0.6) is 0 Å². The van der Waals surface area contributed by atoms with Crippen molar-refractivity contribution in [1.82, 2.24) is 4.90 Å². The van der Waals surface area contributed by atoms with E-state index in [1.54, 1.807) is 0 Å². The monoisotopic (exact) mass is 257 g/mol. The summed E-state index contributed by atoms with van der Waals surface area (Å²) in [6, 6.07) is 11.1. The summed E-state index contributed by atoms with van der Waals surface area (Å²) in [5.41, 5.74) is 2.06. The zero-order chi connectivity index (χ0) is 13.9. The van der Waals surface area contributed by atoms with Crippen LogP contribution in [0.4, 0.5) is 5.69 Å². The summed E-state index contributed by atoms with van der Waals surface area (Å²) in [5, 5.41) is 9.71. The second-order valence-corrected chi connectivity index (χ2v) is 5.79. The molecule has 3 nitrogen and oxygen atoms in total. The number of nitriles is 1. The van der Waals surface area contributed by atoms with Crippen LogP contribution in [0.25, 0.3) is 0 Å². The molecule has 1 aliphatic heterocycles. The topological polar surface area (TPSA) is 30.3 Å². The van der Waals surface area contributed by atoms with Crippen molar-refractivity contribution in [3.63, 3.8) is 0 Å². The molecule has 1 aromatic rings. The number of likely N-dealkylation sites (tertiary alicyclic amines) is 1. The van der Waals surface area contributed by atoms with Gasteiger partial charge in [-0.3, -0.25) is 0 Å². The van der Waals surface area contributed by atoms with Crippen LogP contribution < -0.4 is 4.90 Å². The third-order valence-electron chi connectivity index (χ3n) is 4.21. The lowest BCUT2D eigenvalue weighted by molar-refractivity contribution is 0.342. The predicted molar refractivity (Wildman–Crippen MR) is 79.4 cm³/mol. The second kappa shape index (κ2) is 5.63. The summed E-state index contributed by atoms with van der Waals surface area (Å²) in [7, 11) is 6.22. The van der Waals surface area contributed by atoms with E-state index in [2.05, 4.69) is 47.2 Å². The molecule has 0 aromatic heterocycles. The molecule has 1 unspecified atom stereocenters. The molecule has 19 heavy (non-hydrogen) atoms. The molecule has 3 heteroatoms. The van der Waals surface area contributed by atoms with E-state index in [-0.39, 0.29) is 5.41 Å². The number of nitrogens with zero attached hydrogens (tertiary/aromatic N) is 3. The van der Waals surface area contributed by atoms with E-state index in [9.17, 15) is 5.26 Å². The van der Waals surface area contributed by atoms with Crippen LogP contribution in [-0.2, 0) is 5.41 Å². The van der Waals surface area contributed by atoms with E-state index < -0.39 is 0 Å². The summed E-state index contributed by atoms with van der Waals surface area (Å²) in [6.45, 7) is 2.10. The predicted octanol–water partition coefficient (Wildman–Crippen LogP) is 2.63. The summed E-state index contributed by atoms with van der Waals surface area (Å²) >= 11 is 0. The van der Waals surface area contributed by atoms with Crippen LogP contribution in [0.2, 0.25) is 0 Å². The lowest BCUT2D eigenvalue weighted by Gasteiger charge is -2.26. The minimum Gasteiger partial charge on any atom is -0.378 e. The molecule has 0 bridgehead atoms. The van der Waals surface area contributed by atoms with Gasteiger partial charge >= 0.3 is 0 Å². The maximum Gasteiger partial charge on any atom is 0.0835 e. The first kappa shape index (κ1) is 13.9. The molecule has 102 valence electrons. The molecule has 1 atom stereocenters. The fourth-order valence-electron chi connectivity index (χ4n) is 2.81. The van der Waals surface area contributed by atoms with Crippen LogP contribution in [0, 0.1) is 11.3 Å². The van der Waals surface area contributed by atoms with Crippen molar-refractivity contribution in [2.24, 2.45) is 0 Å². The zero-order valence-electron chi connectivity index (χ0n) is 12.2. The Bertz CT molecular complexity index is 458. The molecule has 1 aliphatic rings. The van der Waals surface area contributed by atoms with Gasteiger partial charge in [-0.25, -0.2) is 0 Å². The molecular weight excluding hydrogens is 234 g/mol. The largest absolute Gasteiger partial charge is 0.378 e. The summed E-state index contributed by atoms with van der Waals surface area (Å²) < 4.78 is 0. The Morgan fingerprint density at radius 1 is 1.16 bits per heavy atom. The van der Waals surface area contributed by atoms with Gasteiger partial charge in [-0.1, -0.05) is 12.1 Å². The van der Waals surface area contributed by atoms with Crippen molar-refractivity contribution in [3.05, 3.63) is 29.8 Å². The molecule has 1 aromatic carbocycles. The highest BCUT2D eigenvalue weighted by Gasteiger charge is 2.33. The summed E-state index contributed by atoms with van der Waals surface area (Å²) in [6.07, 6.45) is 3.00. The van der Waals surface area contributed by atoms with E-state index in [1.807, 2.05) is 14.1 Å². The average Bonchev–Trinajstić information content (AvgIpc) is 2.61. The third kappa shape index (κ3) is 2.90. The highest BCUT2D eigenvalue weighted by atomic mass is 15.1. The fourth-order valence-corrected chi connectivity index (χ4v) is 2.81. The first-order valence-corrected chi connectivity index (χ1v) is 6.95. The normalized spacial score (nSPS) is 24.5. The van der Waals surface area contributed by atoms with Gasteiger partial charge in [-0.15, -0.1) is 0 Å². The molecule has 1 saturated heterocycles. The molecule has 0 N–H and O–H groups in total. The van der Waals surface area contributed by atoms with Crippen molar-refractivity contribution >= 4 is 5.69 Å². The number of rotatable bonds is 2. The lowest BCUT2D eigenvalue weighted by atomic mass is 9.76. The quantitative estimate of drug-likeness (QED) is 0.816. The number of hydrogen-bond donors (Lipinski definition) is 0. The first-order valence-electron chi connectivity index (χ1n) is 6.95. The van der Waals surface area contributed by atoms with Gasteiger partial charge in [0.05, 0.1) is 11.5 Å². The number of hydrogen-bond acceptors (Lipinski definition) is 3. The van der Waals surface area contributed by atoms with Gasteiger partial charge in [0.25, 0.3) is 0 Å². The molecule has 1 heterocycles. The highest BCUT2D eigenvalue weighted by Crippen LogP contribution is 2.35. The van der Waals surface area contributed by atoms with E-state index in [1.165, 1.54) is 11.3 Å². The van der Waals surface area contributed by atoms with E-state index in [4.69, 9.17) is 0 Å². The van der Waals surface area contributed by atoms with Gasteiger partial charge in [-0.2, -0.15) is 5.26 Å². The number of benzene rings is 1. The molecule has 0 amide bonds. The van der Waals surface area contributed by atoms with Gasteiger partial charge in [-0.05, 0) is 57.1 Å². The van der Waals surface area contributed by atoms with E-state index in [0.717, 1.165) is 32.4 Å². The van der Waals surface area contributed by atoms with Gasteiger partial charge < -0.3 is 9.80 Å². The molecule has 1 fully saturated rings. The van der Waals surface area contributed by atoms with Crippen LogP contribution >= 0.6 is 0 Å². The minimum atomic E-state index is -0.296. The van der Waals surface area contributed by atoms with E-state index >= 15 is 0 Å². The van der Waals surface area contributed by atoms with Crippen molar-refractivity contribution in [3.8, 4) is 6.07 Å². The molecule has 0 radical (unpaired) electrons. The maximum absolute atomic E-state index is 9.71. The Morgan fingerprint density at radius 3 is 2.42 bits per heavy atom. The number of anilines is 1. The fraction of sp³-hybridized carbons (Fsp3) is 0.562. The smallest absolute Gasteiger partial charge is 0.0835 e. The standard InChI is InChI=1S/C16H23N3/c1-18(2)15-7-5-14(6-8-15)16(13-17)9-4-11-19(3)12-10-16/h5-8H,4,9-12H2,1-3H3. The van der Waals surface area contributed by atoms with E-state index in [0.29, 0.717) is 0 Å². The Balaban J connectivity index is 2.28. The van der Waals surface area contributed by atoms with Crippen LogP contribution in [0.3, 0.4) is 0 Å². The van der Waals surface area contributed by atoms with Gasteiger partial charge in [0.1, 0.15) is 0 Å². The minimum absolute atomic E-state index is 0.296. The van der Waals surface area contributed by atoms with Crippen molar-refractivity contribution in [2.75, 3.05) is 39.1 Å². The molecule has 0 saturated carbocycles. The Kier molecular flexibility index (Phi) is 4.11. The third-order valence-corrected chi connectivity index (χ3v) is 4.21. The lowest BCUT2D eigenvalue weighted by Crippen LogP contribution is -2.26. The molecule has 0 aliphatic carbocycles. The molecule has 0 spiro atoms. The van der Waals surface area contributed by atoms with Crippen molar-refractivity contribution in [1.29, 1.82) is 5.26 Å². The second-order valence-electron chi connectivity index (χ2n) is 5.79. The van der Waals surface area contributed by atoms with Crippen molar-refractivity contribution in [2.45, 2.75) is 24.7 Å². The van der Waals surface area contributed by atoms with Gasteiger partial charge in [0, 0.05) is 19.8 Å². The Morgan fingerprint density at radius 2 is 1.84 bits per heavy atom.